The van der Waals surface area contributed by atoms with Crippen molar-refractivity contribution in [2.45, 2.75) is 23.3 Å². The molecular formula is C26H22N4O4S. The maximum absolute atomic E-state index is 13.5. The molecule has 0 unspecified atom stereocenters. The molecule has 3 heterocycles. The molecule has 2 aromatic carbocycles. The summed E-state index contributed by atoms with van der Waals surface area (Å²) in [6.07, 6.45) is 1.60. The van der Waals surface area contributed by atoms with Gasteiger partial charge >= 0.3 is 0 Å². The number of sulfone groups is 1. The third-order valence-electron chi connectivity index (χ3n) is 5.94. The van der Waals surface area contributed by atoms with Gasteiger partial charge in [-0.1, -0.05) is 36.4 Å². The maximum Gasteiger partial charge on any atom is 0.267 e. The molecule has 176 valence electrons. The Bertz CT molecular complexity index is 1810. The topological polar surface area (TPSA) is 107 Å². The van der Waals surface area contributed by atoms with Crippen molar-refractivity contribution in [2.75, 3.05) is 7.11 Å². The molecule has 0 spiro atoms. The van der Waals surface area contributed by atoms with Gasteiger partial charge in [0.1, 0.15) is 27.4 Å². The second-order valence-electron chi connectivity index (χ2n) is 8.15. The molecular weight excluding hydrogens is 464 g/mol. The molecule has 35 heavy (non-hydrogen) atoms. The summed E-state index contributed by atoms with van der Waals surface area (Å²) in [4.78, 5) is 18.0. The maximum atomic E-state index is 13.5. The Kier molecular flexibility index (Phi) is 5.49. The fraction of sp³-hybridized carbons (Fsp3) is 0.115. The van der Waals surface area contributed by atoms with Gasteiger partial charge in [-0.05, 0) is 54.4 Å². The highest BCUT2D eigenvalue weighted by Gasteiger charge is 2.24. The van der Waals surface area contributed by atoms with Crippen LogP contribution in [0.1, 0.15) is 11.1 Å². The summed E-state index contributed by atoms with van der Waals surface area (Å²) in [6.45, 7) is 1.99. The van der Waals surface area contributed by atoms with E-state index in [2.05, 4.69) is 0 Å². The van der Waals surface area contributed by atoms with E-state index in [0.717, 1.165) is 11.1 Å². The Morgan fingerprint density at radius 1 is 0.971 bits per heavy atom. The summed E-state index contributed by atoms with van der Waals surface area (Å²) in [5.74, 6) is 0.674. The summed E-state index contributed by atoms with van der Waals surface area (Å²) in [6, 6.07) is 20.0. The molecule has 0 aliphatic heterocycles. The first-order valence-electron chi connectivity index (χ1n) is 10.8. The van der Waals surface area contributed by atoms with Crippen LogP contribution in [0.25, 0.3) is 16.7 Å². The number of aromatic nitrogens is 3. The van der Waals surface area contributed by atoms with Gasteiger partial charge < -0.3 is 9.30 Å². The first kappa shape index (κ1) is 22.5. The van der Waals surface area contributed by atoms with Gasteiger partial charge in [-0.25, -0.2) is 13.4 Å². The van der Waals surface area contributed by atoms with Gasteiger partial charge in [-0.2, -0.15) is 0 Å². The fourth-order valence-electron chi connectivity index (χ4n) is 4.07. The second kappa shape index (κ2) is 8.52. The molecule has 0 fully saturated rings. The summed E-state index contributed by atoms with van der Waals surface area (Å²) in [7, 11) is -2.50. The molecule has 0 amide bonds. The summed E-state index contributed by atoms with van der Waals surface area (Å²) in [5, 5.41) is 9.02. The Hall–Kier alpha value is -4.24. The van der Waals surface area contributed by atoms with Crippen molar-refractivity contribution in [3.8, 4) is 5.75 Å². The largest absolute Gasteiger partial charge is 0.497 e. The Balaban J connectivity index is 1.86. The zero-order chi connectivity index (χ0) is 24.7. The number of pyridine rings is 2. The third kappa shape index (κ3) is 3.79. The van der Waals surface area contributed by atoms with Gasteiger partial charge in [0.05, 0.1) is 23.9 Å². The first-order chi connectivity index (χ1) is 16.8. The zero-order valence-corrected chi connectivity index (χ0v) is 19.9. The monoisotopic (exact) mass is 486 g/mol. The lowest BCUT2D eigenvalue weighted by Crippen LogP contribution is -2.30. The van der Waals surface area contributed by atoms with E-state index < -0.39 is 15.4 Å². The van der Waals surface area contributed by atoms with E-state index in [1.54, 1.807) is 49.7 Å². The van der Waals surface area contributed by atoms with E-state index in [9.17, 15) is 13.2 Å². The average Bonchev–Trinajstić information content (AvgIpc) is 2.87. The molecule has 5 aromatic rings. The minimum absolute atomic E-state index is 0.0496. The molecule has 0 saturated heterocycles. The number of nitrogens with one attached hydrogen (secondary N) is 1. The Morgan fingerprint density at radius 2 is 1.69 bits per heavy atom. The van der Waals surface area contributed by atoms with Crippen LogP contribution in [0.2, 0.25) is 0 Å². The van der Waals surface area contributed by atoms with E-state index in [1.165, 1.54) is 27.2 Å². The van der Waals surface area contributed by atoms with E-state index in [0.29, 0.717) is 11.4 Å². The summed E-state index contributed by atoms with van der Waals surface area (Å²) < 4.78 is 35.2. The minimum atomic E-state index is -4.07. The van der Waals surface area contributed by atoms with Crippen LogP contribution in [0.15, 0.2) is 93.6 Å². The Labute approximate surface area is 201 Å². The highest BCUT2D eigenvalue weighted by Crippen LogP contribution is 2.22. The molecule has 5 rings (SSSR count). The normalized spacial score (nSPS) is 11.7. The van der Waals surface area contributed by atoms with E-state index >= 15 is 0 Å². The number of nitrogens with zero attached hydrogens (tertiary/aromatic N) is 3. The van der Waals surface area contributed by atoms with Crippen molar-refractivity contribution in [1.29, 1.82) is 5.41 Å². The van der Waals surface area contributed by atoms with Gasteiger partial charge in [0.15, 0.2) is 0 Å². The zero-order valence-electron chi connectivity index (χ0n) is 19.1. The second-order valence-corrected chi connectivity index (χ2v) is 10.1. The van der Waals surface area contributed by atoms with Crippen molar-refractivity contribution in [1.82, 2.24) is 14.0 Å². The highest BCUT2D eigenvalue weighted by molar-refractivity contribution is 7.91. The van der Waals surface area contributed by atoms with Crippen LogP contribution in [0.3, 0.4) is 0 Å². The molecule has 0 bridgehead atoms. The molecule has 9 heteroatoms. The molecule has 8 nitrogen and oxygen atoms in total. The van der Waals surface area contributed by atoms with Gasteiger partial charge in [0.2, 0.25) is 9.84 Å². The number of fused-ring (bicyclic) bond motifs is 2. The molecule has 1 N–H and O–H groups in total. The lowest BCUT2D eigenvalue weighted by atomic mass is 10.2. The van der Waals surface area contributed by atoms with Gasteiger partial charge in [0.25, 0.3) is 5.56 Å². The van der Waals surface area contributed by atoms with E-state index in [4.69, 9.17) is 15.1 Å². The standard InChI is InChI=1S/C26H22N4O4S/c1-17-7-6-14-29-24(17)28-25-21(26(29)31)15-22(35(32,33)20-8-4-3-5-9-20)23(27)30(25)16-18-10-12-19(34-2)13-11-18/h3-15,27H,16H2,1-2H3. The third-order valence-corrected chi connectivity index (χ3v) is 7.72. The SMILES string of the molecule is COc1ccc(Cn2c(=N)c(S(=O)(=O)c3ccccc3)cc3c(=O)n4cccc(C)c4nc32)cc1. The van der Waals surface area contributed by atoms with Gasteiger partial charge in [-0.3, -0.25) is 14.6 Å². The van der Waals surface area contributed by atoms with Crippen molar-refractivity contribution in [2.24, 2.45) is 0 Å². The number of aryl methyl sites for hydroxylation is 1. The molecule has 0 atom stereocenters. The van der Waals surface area contributed by atoms with E-state index in [1.807, 2.05) is 25.1 Å². The number of rotatable bonds is 5. The number of benzene rings is 2. The van der Waals surface area contributed by atoms with Crippen LogP contribution >= 0.6 is 0 Å². The van der Waals surface area contributed by atoms with Crippen molar-refractivity contribution in [3.05, 3.63) is 106 Å². The number of methoxy groups -OCH3 is 1. The molecule has 0 aliphatic rings. The average molecular weight is 487 g/mol. The smallest absolute Gasteiger partial charge is 0.267 e. The van der Waals surface area contributed by atoms with Crippen LogP contribution in [0.4, 0.5) is 0 Å². The molecule has 3 aromatic heterocycles. The van der Waals surface area contributed by atoms with Gasteiger partial charge in [0, 0.05) is 6.20 Å². The number of hydrogen-bond acceptors (Lipinski definition) is 6. The lowest BCUT2D eigenvalue weighted by Gasteiger charge is -2.16. The highest BCUT2D eigenvalue weighted by atomic mass is 32.2. The predicted octanol–water partition coefficient (Wildman–Crippen LogP) is 3.33. The number of ether oxygens (including phenoxy) is 1. The quantitative estimate of drug-likeness (QED) is 0.384. The van der Waals surface area contributed by atoms with Gasteiger partial charge in [-0.15, -0.1) is 0 Å². The minimum Gasteiger partial charge on any atom is -0.497 e. The van der Waals surface area contributed by atoms with E-state index in [-0.39, 0.29) is 32.9 Å². The predicted molar refractivity (Wildman–Crippen MR) is 132 cm³/mol. The fourth-order valence-corrected chi connectivity index (χ4v) is 5.48. The first-order valence-corrected chi connectivity index (χ1v) is 12.3. The van der Waals surface area contributed by atoms with Crippen LogP contribution < -0.4 is 15.8 Å². The molecule has 0 radical (unpaired) electrons. The van der Waals surface area contributed by atoms with Crippen LogP contribution in [-0.2, 0) is 16.4 Å². The Morgan fingerprint density at radius 3 is 2.37 bits per heavy atom. The summed E-state index contributed by atoms with van der Waals surface area (Å²) >= 11 is 0. The molecule has 0 saturated carbocycles. The van der Waals surface area contributed by atoms with Crippen molar-refractivity contribution < 1.29 is 13.2 Å². The lowest BCUT2D eigenvalue weighted by molar-refractivity contribution is 0.414. The van der Waals surface area contributed by atoms with Crippen molar-refractivity contribution >= 4 is 26.5 Å². The summed E-state index contributed by atoms with van der Waals surface area (Å²) in [5.41, 5.74) is 1.63. The van der Waals surface area contributed by atoms with Crippen LogP contribution in [0.5, 0.6) is 5.75 Å². The van der Waals surface area contributed by atoms with Crippen molar-refractivity contribution in [3.63, 3.8) is 0 Å². The van der Waals surface area contributed by atoms with Crippen LogP contribution in [-0.4, -0.2) is 29.5 Å². The molecule has 0 aliphatic carbocycles. The van der Waals surface area contributed by atoms with Crippen LogP contribution in [0, 0.1) is 12.3 Å². The number of hydrogen-bond donors (Lipinski definition) is 1.